The zero-order valence-electron chi connectivity index (χ0n) is 14.3. The van der Waals surface area contributed by atoms with Crippen molar-refractivity contribution in [3.05, 3.63) is 71.8 Å². The summed E-state index contributed by atoms with van der Waals surface area (Å²) in [7, 11) is -2.31. The number of nitrogens with two attached hydrogens (primary N) is 1. The Morgan fingerprint density at radius 2 is 1.81 bits per heavy atom. The van der Waals surface area contributed by atoms with Crippen molar-refractivity contribution in [2.75, 3.05) is 7.11 Å². The predicted molar refractivity (Wildman–Crippen MR) is 108 cm³/mol. The standard InChI is InChI=1S/C18H16N4O3S2/c1-25-14-9-7-13(8-10-14)16-11-15(12-5-3-2-4-6-12)20-17-22(16)21-18(26-17)27(19,23)24/h2-11,16H,1H3,(H2,19,23,24). The quantitative estimate of drug-likeness (QED) is 0.854. The predicted octanol–water partition coefficient (Wildman–Crippen LogP) is 2.76. The van der Waals surface area contributed by atoms with E-state index in [4.69, 9.17) is 9.88 Å². The minimum absolute atomic E-state index is 0.164. The molecule has 0 saturated carbocycles. The summed E-state index contributed by atoms with van der Waals surface area (Å²) in [4.78, 5) is 4.59. The van der Waals surface area contributed by atoms with Crippen LogP contribution in [-0.2, 0) is 10.0 Å². The van der Waals surface area contributed by atoms with Crippen LogP contribution in [0.5, 0.6) is 5.75 Å². The molecule has 27 heavy (non-hydrogen) atoms. The molecule has 7 nitrogen and oxygen atoms in total. The smallest absolute Gasteiger partial charge is 0.264 e. The number of ether oxygens (including phenoxy) is 1. The van der Waals surface area contributed by atoms with Crippen molar-refractivity contribution in [3.63, 3.8) is 0 Å². The van der Waals surface area contributed by atoms with Crippen LogP contribution in [0, 0.1) is 0 Å². The van der Waals surface area contributed by atoms with Crippen LogP contribution in [-0.4, -0.2) is 30.1 Å². The molecule has 0 amide bonds. The van der Waals surface area contributed by atoms with E-state index in [9.17, 15) is 8.42 Å². The average molecular weight is 400 g/mol. The normalized spacial score (nSPS) is 19.1. The third-order valence-electron chi connectivity index (χ3n) is 4.13. The van der Waals surface area contributed by atoms with Crippen LogP contribution in [0.3, 0.4) is 0 Å². The Hall–Kier alpha value is -2.62. The zero-order chi connectivity index (χ0) is 19.0. The van der Waals surface area contributed by atoms with Crippen LogP contribution in [0.1, 0.15) is 17.2 Å². The lowest BCUT2D eigenvalue weighted by Gasteiger charge is -2.28. The van der Waals surface area contributed by atoms with Crippen LogP contribution < -0.4 is 9.88 Å². The topological polar surface area (TPSA) is 97.3 Å². The molecule has 0 aromatic heterocycles. The lowest BCUT2D eigenvalue weighted by Crippen LogP contribution is -2.27. The largest absolute Gasteiger partial charge is 0.497 e. The number of primary sulfonamides is 1. The minimum atomic E-state index is -3.91. The number of thioether (sulfide) groups is 1. The van der Waals surface area contributed by atoms with Gasteiger partial charge in [0.1, 0.15) is 11.8 Å². The highest BCUT2D eigenvalue weighted by Gasteiger charge is 2.37. The van der Waals surface area contributed by atoms with E-state index in [2.05, 4.69) is 10.1 Å². The second-order valence-electron chi connectivity index (χ2n) is 5.89. The number of benzene rings is 2. The van der Waals surface area contributed by atoms with Gasteiger partial charge in [0.2, 0.25) is 4.38 Å². The molecule has 0 spiro atoms. The van der Waals surface area contributed by atoms with Crippen molar-refractivity contribution in [2.45, 2.75) is 6.04 Å². The van der Waals surface area contributed by atoms with Crippen molar-refractivity contribution in [3.8, 4) is 5.75 Å². The molecule has 0 bridgehead atoms. The SMILES string of the molecule is COc1ccc(C2C=C(c3ccccc3)N=C3SC(S(N)(=O)=O)=NN32)cc1. The number of fused-ring (bicyclic) bond motifs is 1. The van der Waals surface area contributed by atoms with E-state index in [1.54, 1.807) is 12.1 Å². The first kappa shape index (κ1) is 17.8. The fourth-order valence-electron chi connectivity index (χ4n) is 2.81. The molecule has 0 saturated heterocycles. The van der Waals surface area contributed by atoms with Gasteiger partial charge < -0.3 is 4.74 Å². The molecule has 0 fully saturated rings. The van der Waals surface area contributed by atoms with Crippen molar-refractivity contribution >= 4 is 37.0 Å². The van der Waals surface area contributed by atoms with Gasteiger partial charge in [-0.25, -0.2) is 23.6 Å². The summed E-state index contributed by atoms with van der Waals surface area (Å²) in [6.45, 7) is 0. The maximum Gasteiger partial charge on any atom is 0.264 e. The Labute approximate surface area is 161 Å². The fourth-order valence-corrected chi connectivity index (χ4v) is 4.38. The van der Waals surface area contributed by atoms with Crippen LogP contribution in [0.2, 0.25) is 0 Å². The van der Waals surface area contributed by atoms with Gasteiger partial charge in [-0.1, -0.05) is 42.5 Å². The third-order valence-corrected chi connectivity index (χ3v) is 6.36. The first-order valence-corrected chi connectivity index (χ1v) is 10.4. The Kier molecular flexibility index (Phi) is 4.50. The molecule has 4 rings (SSSR count). The van der Waals surface area contributed by atoms with Gasteiger partial charge in [0, 0.05) is 0 Å². The molecular weight excluding hydrogens is 384 g/mol. The van der Waals surface area contributed by atoms with Crippen LogP contribution in [0.4, 0.5) is 0 Å². The first-order valence-electron chi connectivity index (χ1n) is 8.04. The molecule has 0 radical (unpaired) electrons. The van der Waals surface area contributed by atoms with Crippen LogP contribution in [0.15, 0.2) is 70.8 Å². The van der Waals surface area contributed by atoms with Crippen molar-refractivity contribution < 1.29 is 13.2 Å². The zero-order valence-corrected chi connectivity index (χ0v) is 15.9. The van der Waals surface area contributed by atoms with Crippen LogP contribution >= 0.6 is 11.8 Å². The molecule has 2 aliphatic heterocycles. The van der Waals surface area contributed by atoms with E-state index in [0.717, 1.165) is 34.3 Å². The number of sulfonamides is 1. The summed E-state index contributed by atoms with van der Waals surface area (Å²) in [6, 6.07) is 16.9. The van der Waals surface area contributed by atoms with Crippen molar-refractivity contribution in [2.24, 2.45) is 15.2 Å². The Morgan fingerprint density at radius 1 is 1.11 bits per heavy atom. The van der Waals surface area contributed by atoms with E-state index >= 15 is 0 Å². The summed E-state index contributed by atoms with van der Waals surface area (Å²) in [5, 5.41) is 11.5. The van der Waals surface area contributed by atoms with E-state index in [-0.39, 0.29) is 10.4 Å². The maximum absolute atomic E-state index is 11.8. The number of hydrogen-bond acceptors (Lipinski definition) is 7. The maximum atomic E-state index is 11.8. The number of nitrogens with zero attached hydrogens (tertiary/aromatic N) is 3. The minimum Gasteiger partial charge on any atom is -0.497 e. The second-order valence-corrected chi connectivity index (χ2v) is 8.58. The van der Waals surface area contributed by atoms with E-state index < -0.39 is 10.0 Å². The molecule has 138 valence electrons. The molecule has 2 aliphatic rings. The number of methoxy groups -OCH3 is 1. The third kappa shape index (κ3) is 3.48. The lowest BCUT2D eigenvalue weighted by atomic mass is 10.0. The number of rotatable bonds is 3. The number of aliphatic imine (C=N–C) groups is 1. The molecule has 9 heteroatoms. The second kappa shape index (κ2) is 6.84. The lowest BCUT2D eigenvalue weighted by molar-refractivity contribution is 0.392. The molecular formula is C18H16N4O3S2. The highest BCUT2D eigenvalue weighted by molar-refractivity contribution is 8.42. The monoisotopic (exact) mass is 400 g/mol. The molecule has 2 aromatic rings. The Bertz CT molecular complexity index is 1060. The number of amidine groups is 1. The molecule has 2 N–H and O–H groups in total. The molecule has 2 aromatic carbocycles. The van der Waals surface area contributed by atoms with Gasteiger partial charge in [-0.2, -0.15) is 0 Å². The summed E-state index contributed by atoms with van der Waals surface area (Å²) in [5.74, 6) is 0.736. The molecule has 1 unspecified atom stereocenters. The van der Waals surface area contributed by atoms with E-state index in [1.807, 2.05) is 60.7 Å². The summed E-state index contributed by atoms with van der Waals surface area (Å²) in [5.41, 5.74) is 2.62. The summed E-state index contributed by atoms with van der Waals surface area (Å²) >= 11 is 0.953. The molecule has 1 atom stereocenters. The molecule has 2 heterocycles. The highest BCUT2D eigenvalue weighted by Crippen LogP contribution is 2.39. The summed E-state index contributed by atoms with van der Waals surface area (Å²) < 4.78 is 28.6. The fraction of sp³-hybridized carbons (Fsp3) is 0.111. The number of hydrazone groups is 1. The highest BCUT2D eigenvalue weighted by atomic mass is 32.3. The van der Waals surface area contributed by atoms with Gasteiger partial charge in [0.15, 0.2) is 5.17 Å². The van der Waals surface area contributed by atoms with Crippen molar-refractivity contribution in [1.82, 2.24) is 5.01 Å². The average Bonchev–Trinajstić information content (AvgIpc) is 3.13. The van der Waals surface area contributed by atoms with Gasteiger partial charge in [-0.05, 0) is 41.1 Å². The van der Waals surface area contributed by atoms with Crippen molar-refractivity contribution in [1.29, 1.82) is 0 Å². The number of hydrogen-bond donors (Lipinski definition) is 1. The van der Waals surface area contributed by atoms with E-state index in [0.29, 0.717) is 5.17 Å². The molecule has 0 aliphatic carbocycles. The Balaban J connectivity index is 1.80. The first-order chi connectivity index (χ1) is 13.0. The summed E-state index contributed by atoms with van der Waals surface area (Å²) in [6.07, 6.45) is 1.96. The van der Waals surface area contributed by atoms with Gasteiger partial charge in [-0.15, -0.1) is 5.10 Å². The van der Waals surface area contributed by atoms with Gasteiger partial charge >= 0.3 is 0 Å². The van der Waals surface area contributed by atoms with Crippen LogP contribution in [0.25, 0.3) is 5.70 Å². The Morgan fingerprint density at radius 3 is 2.44 bits per heavy atom. The van der Waals surface area contributed by atoms with Gasteiger partial charge in [0.25, 0.3) is 10.0 Å². The van der Waals surface area contributed by atoms with E-state index in [1.165, 1.54) is 0 Å². The van der Waals surface area contributed by atoms with Gasteiger partial charge in [0.05, 0.1) is 12.8 Å². The van der Waals surface area contributed by atoms with Gasteiger partial charge in [-0.3, -0.25) is 0 Å².